The van der Waals surface area contributed by atoms with Gasteiger partial charge in [-0.25, -0.2) is 14.3 Å². The lowest BCUT2D eigenvalue weighted by molar-refractivity contribution is -0.123. The van der Waals surface area contributed by atoms with E-state index in [1.165, 1.54) is 18.2 Å². The lowest BCUT2D eigenvalue weighted by Gasteiger charge is -2.12. The van der Waals surface area contributed by atoms with Crippen molar-refractivity contribution in [3.05, 3.63) is 48.0 Å². The van der Waals surface area contributed by atoms with E-state index in [-0.39, 0.29) is 11.5 Å². The van der Waals surface area contributed by atoms with E-state index in [9.17, 15) is 13.2 Å². The number of carbonyl (C=O) groups excluding carboxylic acids is 1. The molecule has 0 saturated carbocycles. The zero-order valence-electron chi connectivity index (χ0n) is 14.5. The van der Waals surface area contributed by atoms with Gasteiger partial charge in [0.1, 0.15) is 11.5 Å². The van der Waals surface area contributed by atoms with Gasteiger partial charge in [-0.3, -0.25) is 14.9 Å². The Morgan fingerprint density at radius 1 is 1.12 bits per heavy atom. The summed E-state index contributed by atoms with van der Waals surface area (Å²) in [5.74, 6) is 5.55. The molecule has 9 heteroatoms. The molecule has 0 aliphatic carbocycles. The SMILES string of the molecule is CCOc1ccc(NS(=O)(=O)c2ccc(OCC(=O)NN)c(C)c2)cc1. The number of carbonyl (C=O) groups is 1. The molecule has 0 spiro atoms. The van der Waals surface area contributed by atoms with Gasteiger partial charge >= 0.3 is 0 Å². The van der Waals surface area contributed by atoms with E-state index in [0.717, 1.165) is 0 Å². The molecule has 0 bridgehead atoms. The van der Waals surface area contributed by atoms with Crippen LogP contribution in [0.3, 0.4) is 0 Å². The summed E-state index contributed by atoms with van der Waals surface area (Å²) in [6, 6.07) is 11.0. The summed E-state index contributed by atoms with van der Waals surface area (Å²) in [5, 5.41) is 0. The Bertz CT molecular complexity index is 866. The first-order valence-corrected chi connectivity index (χ1v) is 9.32. The smallest absolute Gasteiger partial charge is 0.271 e. The van der Waals surface area contributed by atoms with E-state index in [1.54, 1.807) is 31.2 Å². The maximum Gasteiger partial charge on any atom is 0.271 e. The van der Waals surface area contributed by atoms with E-state index >= 15 is 0 Å². The number of hydrogen-bond acceptors (Lipinski definition) is 6. The van der Waals surface area contributed by atoms with Crippen LogP contribution in [0.5, 0.6) is 11.5 Å². The number of anilines is 1. The van der Waals surface area contributed by atoms with Gasteiger partial charge in [0.05, 0.1) is 11.5 Å². The third-order valence-electron chi connectivity index (χ3n) is 3.39. The largest absolute Gasteiger partial charge is 0.494 e. The minimum Gasteiger partial charge on any atom is -0.494 e. The van der Waals surface area contributed by atoms with Crippen LogP contribution >= 0.6 is 0 Å². The first kappa shape index (κ1) is 19.5. The van der Waals surface area contributed by atoms with Crippen LogP contribution in [0.25, 0.3) is 0 Å². The number of rotatable bonds is 8. The Balaban J connectivity index is 2.13. The molecule has 0 aliphatic heterocycles. The number of amides is 1. The molecular weight excluding hydrogens is 358 g/mol. The zero-order valence-corrected chi connectivity index (χ0v) is 15.3. The van der Waals surface area contributed by atoms with Gasteiger partial charge < -0.3 is 9.47 Å². The average molecular weight is 379 g/mol. The van der Waals surface area contributed by atoms with Crippen LogP contribution in [0.1, 0.15) is 12.5 Å². The van der Waals surface area contributed by atoms with Crippen LogP contribution in [0.15, 0.2) is 47.4 Å². The summed E-state index contributed by atoms with van der Waals surface area (Å²) in [6.07, 6.45) is 0. The lowest BCUT2D eigenvalue weighted by Crippen LogP contribution is -2.34. The molecule has 140 valence electrons. The van der Waals surface area contributed by atoms with Crippen LogP contribution in [-0.4, -0.2) is 27.5 Å². The third kappa shape index (κ3) is 5.11. The minimum absolute atomic E-state index is 0.0829. The number of hydrogen-bond donors (Lipinski definition) is 3. The van der Waals surface area contributed by atoms with Crippen molar-refractivity contribution in [3.8, 4) is 11.5 Å². The first-order chi connectivity index (χ1) is 12.4. The molecule has 0 heterocycles. The lowest BCUT2D eigenvalue weighted by atomic mass is 10.2. The van der Waals surface area contributed by atoms with E-state index in [4.69, 9.17) is 15.3 Å². The van der Waals surface area contributed by atoms with Crippen LogP contribution in [0.4, 0.5) is 5.69 Å². The van der Waals surface area contributed by atoms with Crippen molar-refractivity contribution < 1.29 is 22.7 Å². The van der Waals surface area contributed by atoms with Crippen molar-refractivity contribution in [3.63, 3.8) is 0 Å². The molecule has 0 unspecified atom stereocenters. The zero-order chi connectivity index (χ0) is 19.2. The maximum absolute atomic E-state index is 12.5. The third-order valence-corrected chi connectivity index (χ3v) is 4.77. The van der Waals surface area contributed by atoms with Gasteiger partial charge in [0.15, 0.2) is 6.61 Å². The Kier molecular flexibility index (Phi) is 6.42. The predicted molar refractivity (Wildman–Crippen MR) is 97.4 cm³/mol. The first-order valence-electron chi connectivity index (χ1n) is 7.84. The molecule has 0 fully saturated rings. The summed E-state index contributed by atoms with van der Waals surface area (Å²) in [7, 11) is -3.76. The fourth-order valence-electron chi connectivity index (χ4n) is 2.14. The van der Waals surface area contributed by atoms with Crippen molar-refractivity contribution in [2.75, 3.05) is 17.9 Å². The highest BCUT2D eigenvalue weighted by molar-refractivity contribution is 7.92. The van der Waals surface area contributed by atoms with Crippen molar-refractivity contribution in [2.24, 2.45) is 5.84 Å². The van der Waals surface area contributed by atoms with Gasteiger partial charge in [0.2, 0.25) is 0 Å². The van der Waals surface area contributed by atoms with Crippen LogP contribution < -0.4 is 25.5 Å². The molecule has 8 nitrogen and oxygen atoms in total. The monoisotopic (exact) mass is 379 g/mol. The van der Waals surface area contributed by atoms with Gasteiger partial charge in [-0.2, -0.15) is 0 Å². The second kappa shape index (κ2) is 8.54. The van der Waals surface area contributed by atoms with Gasteiger partial charge in [-0.05, 0) is 61.9 Å². The molecule has 0 atom stereocenters. The molecule has 2 rings (SSSR count). The molecule has 0 aliphatic rings. The highest BCUT2D eigenvalue weighted by Gasteiger charge is 2.16. The quantitative estimate of drug-likeness (QED) is 0.364. The number of ether oxygens (including phenoxy) is 2. The number of nitrogens with two attached hydrogens (primary N) is 1. The fourth-order valence-corrected chi connectivity index (χ4v) is 3.28. The molecular formula is C17H21N3O5S. The molecule has 0 radical (unpaired) electrons. The molecule has 26 heavy (non-hydrogen) atoms. The van der Waals surface area contributed by atoms with E-state index in [1.807, 2.05) is 12.3 Å². The molecule has 0 saturated heterocycles. The molecule has 1 amide bonds. The number of sulfonamides is 1. The second-order valence-corrected chi connectivity index (χ2v) is 7.03. The Labute approximate surface area is 152 Å². The summed E-state index contributed by atoms with van der Waals surface area (Å²) in [4.78, 5) is 11.2. The van der Waals surface area contributed by atoms with Gasteiger partial charge in [-0.15, -0.1) is 0 Å². The second-order valence-electron chi connectivity index (χ2n) is 5.35. The summed E-state index contributed by atoms with van der Waals surface area (Å²) < 4.78 is 38.2. The van der Waals surface area contributed by atoms with E-state index in [0.29, 0.717) is 29.4 Å². The highest BCUT2D eigenvalue weighted by atomic mass is 32.2. The van der Waals surface area contributed by atoms with Crippen molar-refractivity contribution in [2.45, 2.75) is 18.7 Å². The number of hydrazine groups is 1. The average Bonchev–Trinajstić information content (AvgIpc) is 2.62. The Morgan fingerprint density at radius 3 is 2.38 bits per heavy atom. The molecule has 4 N–H and O–H groups in total. The topological polar surface area (TPSA) is 120 Å². The van der Waals surface area contributed by atoms with Crippen molar-refractivity contribution in [1.29, 1.82) is 0 Å². The molecule has 2 aromatic rings. The number of aryl methyl sites for hydroxylation is 1. The summed E-state index contributed by atoms with van der Waals surface area (Å²) in [6.45, 7) is 3.83. The summed E-state index contributed by atoms with van der Waals surface area (Å²) in [5.41, 5.74) is 2.95. The van der Waals surface area contributed by atoms with Crippen molar-refractivity contribution in [1.82, 2.24) is 5.43 Å². The van der Waals surface area contributed by atoms with Gasteiger partial charge in [0, 0.05) is 5.69 Å². The number of benzene rings is 2. The van der Waals surface area contributed by atoms with E-state index in [2.05, 4.69) is 4.72 Å². The predicted octanol–water partition coefficient (Wildman–Crippen LogP) is 1.56. The standard InChI is InChI=1S/C17H21N3O5S/c1-3-24-14-6-4-13(5-7-14)20-26(22,23)15-8-9-16(12(2)10-15)25-11-17(21)19-18/h4-10,20H,3,11,18H2,1-2H3,(H,19,21). The maximum atomic E-state index is 12.5. The summed E-state index contributed by atoms with van der Waals surface area (Å²) >= 11 is 0. The van der Waals surface area contributed by atoms with Gasteiger partial charge in [-0.1, -0.05) is 0 Å². The highest BCUT2D eigenvalue weighted by Crippen LogP contribution is 2.24. The fraction of sp³-hybridized carbons (Fsp3) is 0.235. The van der Waals surface area contributed by atoms with Crippen LogP contribution in [0, 0.1) is 6.92 Å². The number of nitrogens with one attached hydrogen (secondary N) is 2. The van der Waals surface area contributed by atoms with E-state index < -0.39 is 15.9 Å². The normalized spacial score (nSPS) is 10.9. The molecule has 2 aromatic carbocycles. The Morgan fingerprint density at radius 2 is 1.81 bits per heavy atom. The molecule has 0 aromatic heterocycles. The van der Waals surface area contributed by atoms with Crippen molar-refractivity contribution >= 4 is 21.6 Å². The minimum atomic E-state index is -3.76. The van der Waals surface area contributed by atoms with Crippen LogP contribution in [-0.2, 0) is 14.8 Å². The Hall–Kier alpha value is -2.78. The van der Waals surface area contributed by atoms with Gasteiger partial charge in [0.25, 0.3) is 15.9 Å². The van der Waals surface area contributed by atoms with Crippen LogP contribution in [0.2, 0.25) is 0 Å².